The number of fused-ring (bicyclic) bond motifs is 12. The van der Waals surface area contributed by atoms with Crippen LogP contribution in [-0.2, 0) is 0 Å². The molecule has 0 unspecified atom stereocenters. The standard InChI is InChI=1S/C20H14N4.C12H9N.C6H4N2S/c1-2-14-10-16-5-6-18(23-16)12-20-8-7-19(24-20)11-17-4-3-15(22-17)9-13(1)21-14;1-3-7-11-9(5-1)10-6-2-4-8-12(10)13-11;1-4-9-6-5(1)7-2-3-8-6/h1-12,21-22H;1-8,13H;1-4H. The summed E-state index contributed by atoms with van der Waals surface area (Å²) in [4.78, 5) is 28.6. The van der Waals surface area contributed by atoms with Gasteiger partial charge >= 0.3 is 0 Å². The SMILES string of the molecule is C1=Cc2cc3ccc(cc4ccc(cc5nc(cc1n2)C=C5)[nH]4)[nH]3.c1ccc2c(c1)[nH]c1ccccc12.c1cnc2sccc2n1. The molecule has 0 fully saturated rings. The van der Waals surface area contributed by atoms with Gasteiger partial charge in [0.05, 0.1) is 28.3 Å². The van der Waals surface area contributed by atoms with Gasteiger partial charge in [-0.2, -0.15) is 0 Å². The second-order valence-electron chi connectivity index (χ2n) is 10.8. The highest BCUT2D eigenvalue weighted by Crippen LogP contribution is 2.24. The van der Waals surface area contributed by atoms with Crippen LogP contribution in [0.15, 0.2) is 121 Å². The van der Waals surface area contributed by atoms with Gasteiger partial charge in [0.25, 0.3) is 0 Å². The van der Waals surface area contributed by atoms with Crippen molar-refractivity contribution in [1.82, 2.24) is 34.9 Å². The van der Waals surface area contributed by atoms with Gasteiger partial charge in [-0.3, -0.25) is 4.98 Å². The maximum Gasteiger partial charge on any atom is 0.141 e. The first kappa shape index (κ1) is 27.4. The Balaban J connectivity index is 0.000000118. The second kappa shape index (κ2) is 12.1. The van der Waals surface area contributed by atoms with Crippen molar-refractivity contribution in [2.24, 2.45) is 0 Å². The topological polar surface area (TPSA) is 98.9 Å². The molecule has 6 aromatic heterocycles. The molecule has 0 spiro atoms. The lowest BCUT2D eigenvalue weighted by atomic mass is 10.2. The van der Waals surface area contributed by atoms with Crippen molar-refractivity contribution in [3.63, 3.8) is 0 Å². The van der Waals surface area contributed by atoms with Crippen LogP contribution in [0, 0.1) is 0 Å². The van der Waals surface area contributed by atoms with Crippen LogP contribution in [0.5, 0.6) is 0 Å². The third-order valence-electron chi connectivity index (χ3n) is 7.55. The zero-order chi connectivity index (χ0) is 30.7. The number of aromatic amines is 3. The molecule has 8 heterocycles. The quantitative estimate of drug-likeness (QED) is 0.159. The Labute approximate surface area is 267 Å². The molecule has 10 rings (SSSR count). The molecule has 8 bridgehead atoms. The zero-order valence-corrected chi connectivity index (χ0v) is 25.4. The normalized spacial score (nSPS) is 11.7. The molecule has 8 aromatic rings. The molecular weight excluding hydrogens is 587 g/mol. The van der Waals surface area contributed by atoms with E-state index in [2.05, 4.69) is 114 Å². The van der Waals surface area contributed by atoms with Crippen LogP contribution in [0.3, 0.4) is 0 Å². The van der Waals surface area contributed by atoms with Crippen molar-refractivity contribution in [3.05, 3.63) is 144 Å². The van der Waals surface area contributed by atoms with E-state index in [0.717, 1.165) is 55.2 Å². The fourth-order valence-corrected chi connectivity index (χ4v) is 6.14. The van der Waals surface area contributed by atoms with Crippen LogP contribution in [0.1, 0.15) is 22.8 Å². The molecule has 220 valence electrons. The first-order chi connectivity index (χ1) is 22.7. The Morgan fingerprint density at radius 2 is 0.957 bits per heavy atom. The Morgan fingerprint density at radius 3 is 1.52 bits per heavy atom. The zero-order valence-electron chi connectivity index (χ0n) is 24.6. The highest BCUT2D eigenvalue weighted by Gasteiger charge is 2.03. The van der Waals surface area contributed by atoms with E-state index in [9.17, 15) is 0 Å². The van der Waals surface area contributed by atoms with E-state index in [0.29, 0.717) is 0 Å². The van der Waals surface area contributed by atoms with Gasteiger partial charge in [-0.05, 0) is 96.4 Å². The molecule has 0 amide bonds. The van der Waals surface area contributed by atoms with Crippen LogP contribution >= 0.6 is 11.3 Å². The van der Waals surface area contributed by atoms with E-state index < -0.39 is 0 Å². The van der Waals surface area contributed by atoms with Gasteiger partial charge in [0.15, 0.2) is 0 Å². The molecule has 2 aliphatic rings. The summed E-state index contributed by atoms with van der Waals surface area (Å²) in [6.07, 6.45) is 11.5. The van der Waals surface area contributed by atoms with Crippen LogP contribution < -0.4 is 0 Å². The average molecular weight is 614 g/mol. The fraction of sp³-hybridized carbons (Fsp3) is 0. The first-order valence-electron chi connectivity index (χ1n) is 14.9. The average Bonchev–Trinajstić information content (AvgIpc) is 3.93. The molecule has 7 nitrogen and oxygen atoms in total. The predicted octanol–water partition coefficient (Wildman–Crippen LogP) is 9.67. The number of rotatable bonds is 0. The lowest BCUT2D eigenvalue weighted by Crippen LogP contribution is -1.77. The van der Waals surface area contributed by atoms with E-state index >= 15 is 0 Å². The molecule has 3 N–H and O–H groups in total. The number of benzene rings is 2. The van der Waals surface area contributed by atoms with Crippen molar-refractivity contribution in [2.75, 3.05) is 0 Å². The van der Waals surface area contributed by atoms with Gasteiger partial charge in [0.1, 0.15) is 4.83 Å². The Bertz CT molecular complexity index is 2390. The molecule has 46 heavy (non-hydrogen) atoms. The van der Waals surface area contributed by atoms with Crippen molar-refractivity contribution in [1.29, 1.82) is 0 Å². The molecule has 2 aliphatic heterocycles. The number of hydrogen-bond acceptors (Lipinski definition) is 5. The minimum atomic E-state index is 0.915. The minimum absolute atomic E-state index is 0.915. The molecular formula is C38H27N7S. The van der Waals surface area contributed by atoms with Crippen LogP contribution in [0.4, 0.5) is 0 Å². The first-order valence-corrected chi connectivity index (χ1v) is 15.7. The van der Waals surface area contributed by atoms with Crippen LogP contribution in [0.2, 0.25) is 0 Å². The summed E-state index contributed by atoms with van der Waals surface area (Å²) in [6.45, 7) is 0. The molecule has 0 saturated heterocycles. The summed E-state index contributed by atoms with van der Waals surface area (Å²) in [7, 11) is 0. The maximum atomic E-state index is 4.62. The molecule has 0 aliphatic carbocycles. The Kier molecular flexibility index (Phi) is 7.22. The summed E-state index contributed by atoms with van der Waals surface area (Å²) >= 11 is 1.61. The number of thiophene rings is 1. The fourth-order valence-electron chi connectivity index (χ4n) is 5.45. The number of aromatic nitrogens is 7. The molecule has 0 atom stereocenters. The van der Waals surface area contributed by atoms with Crippen molar-refractivity contribution in [2.45, 2.75) is 0 Å². The van der Waals surface area contributed by atoms with Gasteiger partial charge < -0.3 is 15.0 Å². The molecule has 2 aromatic carbocycles. The predicted molar refractivity (Wildman–Crippen MR) is 192 cm³/mol. The largest absolute Gasteiger partial charge is 0.355 e. The summed E-state index contributed by atoms with van der Waals surface area (Å²) in [5, 5.41) is 4.60. The maximum absolute atomic E-state index is 4.62. The second-order valence-corrected chi connectivity index (χ2v) is 11.7. The number of nitrogens with zero attached hydrogens (tertiary/aromatic N) is 4. The van der Waals surface area contributed by atoms with E-state index in [1.165, 1.54) is 21.8 Å². The third kappa shape index (κ3) is 5.97. The summed E-state index contributed by atoms with van der Waals surface area (Å²) in [6, 6.07) is 35.1. The van der Waals surface area contributed by atoms with E-state index in [1.54, 1.807) is 23.7 Å². The van der Waals surface area contributed by atoms with Gasteiger partial charge in [-0.1, -0.05) is 36.4 Å². The highest BCUT2D eigenvalue weighted by atomic mass is 32.1. The van der Waals surface area contributed by atoms with Gasteiger partial charge in [-0.25, -0.2) is 15.0 Å². The smallest absolute Gasteiger partial charge is 0.141 e. The lowest BCUT2D eigenvalue weighted by molar-refractivity contribution is 1.28. The number of hydrogen-bond donors (Lipinski definition) is 3. The monoisotopic (exact) mass is 613 g/mol. The van der Waals surface area contributed by atoms with Crippen molar-refractivity contribution < 1.29 is 0 Å². The van der Waals surface area contributed by atoms with Crippen molar-refractivity contribution in [3.8, 4) is 0 Å². The third-order valence-corrected chi connectivity index (χ3v) is 8.36. The van der Waals surface area contributed by atoms with E-state index in [4.69, 9.17) is 0 Å². The van der Waals surface area contributed by atoms with Gasteiger partial charge in [0, 0.05) is 56.3 Å². The summed E-state index contributed by atoms with van der Waals surface area (Å²) < 4.78 is 0. The Morgan fingerprint density at radius 1 is 0.457 bits per heavy atom. The van der Waals surface area contributed by atoms with Gasteiger partial charge in [0.2, 0.25) is 0 Å². The summed E-state index contributed by atoms with van der Waals surface area (Å²) in [5.41, 5.74) is 11.3. The number of para-hydroxylation sites is 2. The molecule has 0 saturated carbocycles. The lowest BCUT2D eigenvalue weighted by Gasteiger charge is -1.87. The summed E-state index contributed by atoms with van der Waals surface area (Å²) in [5.74, 6) is 0. The van der Waals surface area contributed by atoms with Crippen molar-refractivity contribution >= 4 is 89.9 Å². The number of nitrogens with one attached hydrogen (secondary N) is 3. The Hall–Kier alpha value is -6.12. The van der Waals surface area contributed by atoms with Crippen LogP contribution in [0.25, 0.3) is 78.5 Å². The van der Waals surface area contributed by atoms with E-state index in [1.807, 2.05) is 53.9 Å². The highest BCUT2D eigenvalue weighted by molar-refractivity contribution is 7.16. The van der Waals surface area contributed by atoms with E-state index in [-0.39, 0.29) is 0 Å². The van der Waals surface area contributed by atoms with Gasteiger partial charge in [-0.15, -0.1) is 11.3 Å². The van der Waals surface area contributed by atoms with Crippen LogP contribution in [-0.4, -0.2) is 34.9 Å². The molecule has 8 heteroatoms. The molecule has 0 radical (unpaired) electrons. The number of H-pyrrole nitrogens is 3. The minimum Gasteiger partial charge on any atom is -0.355 e.